The van der Waals surface area contributed by atoms with Crippen LogP contribution in [0.15, 0.2) is 77.9 Å². The number of rotatable bonds is 7. The molecule has 2 aliphatic heterocycles. The lowest BCUT2D eigenvalue weighted by atomic mass is 10.1. The Balaban J connectivity index is 1.21. The van der Waals surface area contributed by atoms with E-state index in [0.717, 1.165) is 36.9 Å². The highest BCUT2D eigenvalue weighted by atomic mass is 32.2. The van der Waals surface area contributed by atoms with Crippen molar-refractivity contribution in [3.8, 4) is 17.2 Å². The molecule has 4 aromatic rings. The van der Waals surface area contributed by atoms with Crippen LogP contribution in [-0.2, 0) is 4.79 Å². The number of carbonyl (C=O) groups excluding carboxylic acids is 1. The molecule has 0 aliphatic carbocycles. The number of nitrogens with zero attached hydrogens (tertiary/aromatic N) is 6. The lowest BCUT2D eigenvalue weighted by Gasteiger charge is -2.38. The van der Waals surface area contributed by atoms with Crippen molar-refractivity contribution < 1.29 is 9.53 Å². The minimum absolute atomic E-state index is 0.0439. The van der Waals surface area contributed by atoms with E-state index in [1.807, 2.05) is 48.2 Å². The Morgan fingerprint density at radius 3 is 2.49 bits per heavy atom. The van der Waals surface area contributed by atoms with Gasteiger partial charge < -0.3 is 15.4 Å². The first-order valence-corrected chi connectivity index (χ1v) is 14.1. The van der Waals surface area contributed by atoms with Crippen LogP contribution < -0.4 is 16.2 Å². The molecule has 0 atom stereocenters. The molecule has 0 radical (unpaired) electrons. The summed E-state index contributed by atoms with van der Waals surface area (Å²) in [5.41, 5.74) is 7.48. The number of ether oxygens (including phenoxy) is 1. The SMILES string of the molecule is Nc1ncnc2c1n(-c1ccc(Oc3ccccc3)cc1)c(=O)n2C1CN(C(=O)C=CCN2CCSCC2)C1. The molecule has 6 rings (SSSR count). The fraction of sp³-hybridized carbons (Fsp3) is 0.286. The zero-order valence-electron chi connectivity index (χ0n) is 21.3. The second kappa shape index (κ2) is 11.0. The van der Waals surface area contributed by atoms with Crippen molar-refractivity contribution in [3.63, 3.8) is 0 Å². The van der Waals surface area contributed by atoms with E-state index in [1.54, 1.807) is 39.8 Å². The number of hydrogen-bond acceptors (Lipinski definition) is 8. The number of imidazole rings is 1. The van der Waals surface area contributed by atoms with Crippen LogP contribution >= 0.6 is 11.8 Å². The number of amides is 1. The van der Waals surface area contributed by atoms with Gasteiger partial charge in [0.15, 0.2) is 11.5 Å². The molecule has 2 saturated heterocycles. The predicted molar refractivity (Wildman–Crippen MR) is 153 cm³/mol. The van der Waals surface area contributed by atoms with Crippen LogP contribution in [-0.4, -0.2) is 79.0 Å². The third-order valence-electron chi connectivity index (χ3n) is 7.02. The van der Waals surface area contributed by atoms with Crippen LogP contribution in [0.2, 0.25) is 0 Å². The lowest BCUT2D eigenvalue weighted by molar-refractivity contribution is -0.131. The molecule has 2 fully saturated rings. The van der Waals surface area contributed by atoms with Gasteiger partial charge in [-0.05, 0) is 36.4 Å². The monoisotopic (exact) mass is 543 g/mol. The lowest BCUT2D eigenvalue weighted by Crippen LogP contribution is -2.52. The van der Waals surface area contributed by atoms with Crippen LogP contribution in [0.1, 0.15) is 6.04 Å². The molecule has 39 heavy (non-hydrogen) atoms. The van der Waals surface area contributed by atoms with Crippen molar-refractivity contribution in [3.05, 3.63) is 83.6 Å². The van der Waals surface area contributed by atoms with Gasteiger partial charge in [0, 0.05) is 50.3 Å². The molecule has 0 spiro atoms. The largest absolute Gasteiger partial charge is 0.457 e. The second-order valence-corrected chi connectivity index (χ2v) is 10.8. The van der Waals surface area contributed by atoms with Crippen molar-refractivity contribution in [1.29, 1.82) is 0 Å². The fourth-order valence-electron chi connectivity index (χ4n) is 4.91. The molecule has 4 heterocycles. The van der Waals surface area contributed by atoms with E-state index in [-0.39, 0.29) is 23.5 Å². The highest BCUT2D eigenvalue weighted by Crippen LogP contribution is 2.28. The third-order valence-corrected chi connectivity index (χ3v) is 7.96. The van der Waals surface area contributed by atoms with Crippen LogP contribution in [0.4, 0.5) is 5.82 Å². The summed E-state index contributed by atoms with van der Waals surface area (Å²) < 4.78 is 9.04. The number of likely N-dealkylation sites (tertiary alicyclic amines) is 1. The standard InChI is InChI=1S/C28H29N7O3S/c29-26-25-27(31-19-30-26)35(21-17-33(18-21)24(36)7-4-12-32-13-15-39-16-14-32)28(37)34(25)20-8-10-23(11-9-20)38-22-5-2-1-3-6-22/h1-11,19,21H,12-18H2,(H2,29,30,31). The molecule has 0 bridgehead atoms. The first kappa shape index (κ1) is 25.2. The Morgan fingerprint density at radius 1 is 1.03 bits per heavy atom. The number of carbonyl (C=O) groups is 1. The zero-order chi connectivity index (χ0) is 26.8. The highest BCUT2D eigenvalue weighted by Gasteiger charge is 2.35. The van der Waals surface area contributed by atoms with Crippen molar-refractivity contribution in [1.82, 2.24) is 28.9 Å². The Bertz CT molecular complexity index is 1550. The number of benzene rings is 2. The van der Waals surface area contributed by atoms with Crippen molar-refractivity contribution in [2.24, 2.45) is 0 Å². The van der Waals surface area contributed by atoms with Gasteiger partial charge in [0.25, 0.3) is 0 Å². The molecule has 2 N–H and O–H groups in total. The van der Waals surface area contributed by atoms with Crippen LogP contribution in [0.25, 0.3) is 16.9 Å². The van der Waals surface area contributed by atoms with E-state index in [9.17, 15) is 9.59 Å². The maximum atomic E-state index is 13.7. The number of hydrogen-bond donors (Lipinski definition) is 1. The van der Waals surface area contributed by atoms with Gasteiger partial charge in [-0.3, -0.25) is 18.8 Å². The van der Waals surface area contributed by atoms with E-state index < -0.39 is 0 Å². The minimum atomic E-state index is -0.274. The Hall–Kier alpha value is -4.09. The molecule has 0 unspecified atom stereocenters. The number of nitrogen functional groups attached to an aromatic ring is 1. The predicted octanol–water partition coefficient (Wildman–Crippen LogP) is 2.95. The smallest absolute Gasteiger partial charge is 0.335 e. The van der Waals surface area contributed by atoms with Gasteiger partial charge in [-0.1, -0.05) is 24.3 Å². The summed E-state index contributed by atoms with van der Waals surface area (Å²) in [6, 6.07) is 16.5. The highest BCUT2D eigenvalue weighted by molar-refractivity contribution is 7.99. The summed E-state index contributed by atoms with van der Waals surface area (Å²) in [4.78, 5) is 39.0. The first-order valence-electron chi connectivity index (χ1n) is 12.9. The van der Waals surface area contributed by atoms with Gasteiger partial charge >= 0.3 is 5.69 Å². The van der Waals surface area contributed by atoms with Crippen molar-refractivity contribution >= 4 is 34.7 Å². The van der Waals surface area contributed by atoms with Gasteiger partial charge in [-0.25, -0.2) is 14.8 Å². The second-order valence-electron chi connectivity index (χ2n) is 9.54. The van der Waals surface area contributed by atoms with Gasteiger partial charge in [0.2, 0.25) is 5.91 Å². The third kappa shape index (κ3) is 5.15. The summed E-state index contributed by atoms with van der Waals surface area (Å²) >= 11 is 1.96. The van der Waals surface area contributed by atoms with Gasteiger partial charge in [-0.15, -0.1) is 0 Å². The summed E-state index contributed by atoms with van der Waals surface area (Å²) in [7, 11) is 0. The summed E-state index contributed by atoms with van der Waals surface area (Å²) in [5, 5.41) is 0. The Kier molecular flexibility index (Phi) is 7.08. The number of thioether (sulfide) groups is 1. The van der Waals surface area contributed by atoms with E-state index in [2.05, 4.69) is 14.9 Å². The average molecular weight is 544 g/mol. The molecule has 2 aromatic heterocycles. The molecular formula is C28H29N7O3S. The molecule has 2 aliphatic rings. The number of fused-ring (bicyclic) bond motifs is 1. The molecular weight excluding hydrogens is 514 g/mol. The molecule has 200 valence electrons. The van der Waals surface area contributed by atoms with Crippen LogP contribution in [0.5, 0.6) is 11.5 Å². The minimum Gasteiger partial charge on any atom is -0.457 e. The maximum Gasteiger partial charge on any atom is 0.335 e. The number of aromatic nitrogens is 4. The topological polar surface area (TPSA) is 112 Å². The summed E-state index contributed by atoms with van der Waals surface area (Å²) in [5.74, 6) is 3.81. The molecule has 10 nitrogen and oxygen atoms in total. The van der Waals surface area contributed by atoms with E-state index in [1.165, 1.54) is 10.9 Å². The van der Waals surface area contributed by atoms with Gasteiger partial charge in [0.05, 0.1) is 11.7 Å². The Morgan fingerprint density at radius 2 is 1.74 bits per heavy atom. The molecule has 2 aromatic carbocycles. The van der Waals surface area contributed by atoms with E-state index >= 15 is 0 Å². The quantitative estimate of drug-likeness (QED) is 0.354. The van der Waals surface area contributed by atoms with Gasteiger partial charge in [0.1, 0.15) is 23.3 Å². The maximum absolute atomic E-state index is 13.7. The van der Waals surface area contributed by atoms with E-state index in [0.29, 0.717) is 35.7 Å². The molecule has 1 amide bonds. The van der Waals surface area contributed by atoms with Gasteiger partial charge in [-0.2, -0.15) is 11.8 Å². The van der Waals surface area contributed by atoms with Crippen molar-refractivity contribution in [2.45, 2.75) is 6.04 Å². The van der Waals surface area contributed by atoms with E-state index in [4.69, 9.17) is 10.5 Å². The molecule has 11 heteroatoms. The van der Waals surface area contributed by atoms with Crippen LogP contribution in [0, 0.1) is 0 Å². The number of anilines is 1. The number of nitrogens with two attached hydrogens (primary N) is 1. The Labute approximate surface area is 229 Å². The van der Waals surface area contributed by atoms with Crippen molar-refractivity contribution in [2.75, 3.05) is 50.0 Å². The molecule has 0 saturated carbocycles. The number of para-hydroxylation sites is 1. The summed E-state index contributed by atoms with van der Waals surface area (Å²) in [6.45, 7) is 3.74. The normalized spacial score (nSPS) is 16.6. The summed E-state index contributed by atoms with van der Waals surface area (Å²) in [6.07, 6.45) is 4.93. The zero-order valence-corrected chi connectivity index (χ0v) is 22.2. The fourth-order valence-corrected chi connectivity index (χ4v) is 5.89. The van der Waals surface area contributed by atoms with Crippen LogP contribution in [0.3, 0.4) is 0 Å². The average Bonchev–Trinajstić information content (AvgIpc) is 3.22. The first-order chi connectivity index (χ1) is 19.1.